The number of nitrogens with zero attached hydrogens (tertiary/aromatic N) is 2. The number of anilines is 1. The van der Waals surface area contributed by atoms with E-state index < -0.39 is 0 Å². The Labute approximate surface area is 118 Å². The zero-order chi connectivity index (χ0) is 13.8. The first-order chi connectivity index (χ1) is 9.21. The summed E-state index contributed by atoms with van der Waals surface area (Å²) in [6.07, 6.45) is 2.99. The molecule has 0 spiro atoms. The average molecular weight is 282 g/mol. The van der Waals surface area contributed by atoms with E-state index in [1.165, 1.54) is 11.3 Å². The normalized spacial score (nSPS) is 21.4. The van der Waals surface area contributed by atoms with Gasteiger partial charge in [0.25, 0.3) is 0 Å². The monoisotopic (exact) mass is 282 g/mol. The Morgan fingerprint density at radius 3 is 3.00 bits per heavy atom. The van der Waals surface area contributed by atoms with E-state index in [1.54, 1.807) is 0 Å². The van der Waals surface area contributed by atoms with Crippen molar-refractivity contribution in [3.05, 3.63) is 10.6 Å². The highest BCUT2D eigenvalue weighted by Crippen LogP contribution is 2.33. The lowest BCUT2D eigenvalue weighted by Gasteiger charge is -2.34. The third kappa shape index (κ3) is 2.98. The van der Waals surface area contributed by atoms with Gasteiger partial charge in [-0.2, -0.15) is 0 Å². The lowest BCUT2D eigenvalue weighted by atomic mass is 10.0. The number of carbonyl (C=O) groups is 1. The molecule has 0 N–H and O–H groups in total. The summed E-state index contributed by atoms with van der Waals surface area (Å²) in [5.74, 6) is 0.339. The zero-order valence-electron chi connectivity index (χ0n) is 11.9. The molecule has 1 aliphatic rings. The van der Waals surface area contributed by atoms with Crippen molar-refractivity contribution < 1.29 is 9.53 Å². The van der Waals surface area contributed by atoms with Crippen LogP contribution < -0.4 is 4.90 Å². The Morgan fingerprint density at radius 2 is 2.37 bits per heavy atom. The fourth-order valence-corrected chi connectivity index (χ4v) is 3.43. The highest BCUT2D eigenvalue weighted by Gasteiger charge is 2.26. The number of hydrogen-bond donors (Lipinski definition) is 0. The van der Waals surface area contributed by atoms with Gasteiger partial charge in [0, 0.05) is 6.54 Å². The number of aldehydes is 1. The van der Waals surface area contributed by atoms with E-state index in [4.69, 9.17) is 9.72 Å². The van der Waals surface area contributed by atoms with Gasteiger partial charge >= 0.3 is 0 Å². The molecular formula is C14H22N2O2S. The molecule has 106 valence electrons. The third-order valence-electron chi connectivity index (χ3n) is 3.80. The second-order valence-corrected chi connectivity index (χ2v) is 6.01. The maximum absolute atomic E-state index is 11.2. The van der Waals surface area contributed by atoms with Crippen molar-refractivity contribution in [3.8, 4) is 0 Å². The van der Waals surface area contributed by atoms with Gasteiger partial charge in [-0.1, -0.05) is 32.1 Å². The van der Waals surface area contributed by atoms with Crippen LogP contribution in [0.2, 0.25) is 0 Å². The minimum atomic E-state index is 0.339. The molecule has 4 nitrogen and oxygen atoms in total. The molecule has 0 amide bonds. The summed E-state index contributed by atoms with van der Waals surface area (Å²) < 4.78 is 5.52. The summed E-state index contributed by atoms with van der Waals surface area (Å²) in [6, 6.07) is 0.379. The van der Waals surface area contributed by atoms with Gasteiger partial charge in [-0.25, -0.2) is 4.98 Å². The van der Waals surface area contributed by atoms with Crippen LogP contribution in [0.15, 0.2) is 0 Å². The van der Waals surface area contributed by atoms with Crippen LogP contribution in [0.1, 0.15) is 54.9 Å². The predicted molar refractivity (Wildman–Crippen MR) is 78.5 cm³/mol. The smallest absolute Gasteiger partial charge is 0.186 e. The predicted octanol–water partition coefficient (Wildman–Crippen LogP) is 3.08. The number of thiazole rings is 1. The molecule has 0 radical (unpaired) electrons. The van der Waals surface area contributed by atoms with Crippen molar-refractivity contribution in [2.75, 3.05) is 24.7 Å². The fourth-order valence-electron chi connectivity index (χ4n) is 2.33. The van der Waals surface area contributed by atoms with Gasteiger partial charge in [0.2, 0.25) is 0 Å². The Balaban J connectivity index is 2.28. The molecule has 1 fully saturated rings. The van der Waals surface area contributed by atoms with E-state index in [9.17, 15) is 4.79 Å². The van der Waals surface area contributed by atoms with Crippen LogP contribution in [-0.4, -0.2) is 37.1 Å². The summed E-state index contributed by atoms with van der Waals surface area (Å²) in [5, 5.41) is 0.979. The summed E-state index contributed by atoms with van der Waals surface area (Å²) in [6.45, 7) is 8.78. The summed E-state index contributed by atoms with van der Waals surface area (Å²) in [5.41, 5.74) is 0.957. The van der Waals surface area contributed by atoms with Crippen LogP contribution >= 0.6 is 11.3 Å². The van der Waals surface area contributed by atoms with E-state index in [0.29, 0.717) is 12.0 Å². The Morgan fingerprint density at radius 1 is 1.58 bits per heavy atom. The topological polar surface area (TPSA) is 42.4 Å². The highest BCUT2D eigenvalue weighted by atomic mass is 32.1. The van der Waals surface area contributed by atoms with Crippen molar-refractivity contribution in [2.45, 2.75) is 45.6 Å². The van der Waals surface area contributed by atoms with Crippen LogP contribution in [0.4, 0.5) is 5.13 Å². The van der Waals surface area contributed by atoms with Gasteiger partial charge in [0.1, 0.15) is 0 Å². The zero-order valence-corrected chi connectivity index (χ0v) is 12.7. The van der Waals surface area contributed by atoms with E-state index in [1.807, 2.05) is 0 Å². The van der Waals surface area contributed by atoms with Crippen LogP contribution in [0.5, 0.6) is 0 Å². The van der Waals surface area contributed by atoms with E-state index in [2.05, 4.69) is 25.7 Å². The minimum Gasteiger partial charge on any atom is -0.377 e. The first kappa shape index (κ1) is 14.5. The van der Waals surface area contributed by atoms with Gasteiger partial charge in [0.15, 0.2) is 11.4 Å². The van der Waals surface area contributed by atoms with Crippen molar-refractivity contribution in [1.29, 1.82) is 0 Å². The SMILES string of the molecule is CCC(C)c1nc(N2CCOCC2CC)sc1C=O. The standard InChI is InChI=1S/C14H22N2O2S/c1-4-10(3)13-12(8-17)19-14(15-13)16-6-7-18-9-11(16)5-2/h8,10-11H,4-7,9H2,1-3H3. The number of rotatable bonds is 5. The van der Waals surface area contributed by atoms with Gasteiger partial charge in [-0.05, 0) is 18.8 Å². The van der Waals surface area contributed by atoms with E-state index >= 15 is 0 Å². The number of ether oxygens (including phenoxy) is 1. The molecule has 1 aromatic rings. The van der Waals surface area contributed by atoms with Crippen LogP contribution in [0.3, 0.4) is 0 Å². The molecular weight excluding hydrogens is 260 g/mol. The van der Waals surface area contributed by atoms with E-state index in [0.717, 1.165) is 54.6 Å². The summed E-state index contributed by atoms with van der Waals surface area (Å²) in [4.78, 5) is 19.0. The van der Waals surface area contributed by atoms with Gasteiger partial charge < -0.3 is 9.64 Å². The van der Waals surface area contributed by atoms with Crippen molar-refractivity contribution in [1.82, 2.24) is 4.98 Å². The molecule has 0 aliphatic carbocycles. The Kier molecular flexibility index (Phi) is 4.93. The van der Waals surface area contributed by atoms with Crippen molar-refractivity contribution >= 4 is 22.8 Å². The van der Waals surface area contributed by atoms with Crippen molar-refractivity contribution in [3.63, 3.8) is 0 Å². The van der Waals surface area contributed by atoms with Crippen LogP contribution in [0, 0.1) is 0 Å². The Bertz CT molecular complexity index is 433. The van der Waals surface area contributed by atoms with E-state index in [-0.39, 0.29) is 0 Å². The lowest BCUT2D eigenvalue weighted by Crippen LogP contribution is -2.45. The van der Waals surface area contributed by atoms with Gasteiger partial charge in [0.05, 0.1) is 29.8 Å². The molecule has 0 bridgehead atoms. The molecule has 2 heterocycles. The maximum atomic E-state index is 11.2. The van der Waals surface area contributed by atoms with Crippen LogP contribution in [-0.2, 0) is 4.74 Å². The van der Waals surface area contributed by atoms with Gasteiger partial charge in [-0.15, -0.1) is 0 Å². The first-order valence-electron chi connectivity index (χ1n) is 7.01. The molecule has 0 aromatic carbocycles. The lowest BCUT2D eigenvalue weighted by molar-refractivity contribution is 0.0929. The second kappa shape index (κ2) is 6.48. The van der Waals surface area contributed by atoms with Gasteiger partial charge in [-0.3, -0.25) is 4.79 Å². The molecule has 1 aliphatic heterocycles. The minimum absolute atomic E-state index is 0.339. The molecule has 19 heavy (non-hydrogen) atoms. The molecule has 2 rings (SSSR count). The quantitative estimate of drug-likeness (QED) is 0.778. The second-order valence-electron chi connectivity index (χ2n) is 5.00. The van der Waals surface area contributed by atoms with Crippen LogP contribution in [0.25, 0.3) is 0 Å². The summed E-state index contributed by atoms with van der Waals surface area (Å²) in [7, 11) is 0. The van der Waals surface area contributed by atoms with Crippen molar-refractivity contribution in [2.24, 2.45) is 0 Å². The number of carbonyl (C=O) groups excluding carboxylic acids is 1. The molecule has 0 saturated carbocycles. The first-order valence-corrected chi connectivity index (χ1v) is 7.83. The number of aromatic nitrogens is 1. The highest BCUT2D eigenvalue weighted by molar-refractivity contribution is 7.17. The molecule has 1 aromatic heterocycles. The number of morpholine rings is 1. The number of hydrogen-bond acceptors (Lipinski definition) is 5. The summed E-state index contributed by atoms with van der Waals surface area (Å²) >= 11 is 1.52. The fraction of sp³-hybridized carbons (Fsp3) is 0.714. The molecule has 5 heteroatoms. The Hall–Kier alpha value is -0.940. The third-order valence-corrected chi connectivity index (χ3v) is 4.83. The molecule has 1 saturated heterocycles. The largest absolute Gasteiger partial charge is 0.377 e. The molecule has 2 atom stereocenters. The maximum Gasteiger partial charge on any atom is 0.186 e. The molecule has 2 unspecified atom stereocenters. The average Bonchev–Trinajstić information content (AvgIpc) is 2.90.